The molecule has 0 fully saturated rings. The third-order valence-corrected chi connectivity index (χ3v) is 8.47. The van der Waals surface area contributed by atoms with Crippen molar-refractivity contribution in [2.45, 2.75) is 284 Å². The maximum Gasteiger partial charge on any atom is 0.0527 e. The SMILES string of the molecule is C/C(=C/C=NC(C)(C)C)C(C)(C)C.C/C(C=NC(C)(C)C)=C/C(C)(C)C.CC(/C=C(/C)C(C)(C)C)=NC(C)(C)C.CC(/C=C\C(C)(C)C)=NC(C)(C)C.CC(=NC(C)(C)C)/C(C)=C\C(C)(C)C. The Kier molecular flexibility index (Phi) is 31.9. The van der Waals surface area contributed by atoms with Crippen LogP contribution < -0.4 is 0 Å². The van der Waals surface area contributed by atoms with Gasteiger partial charge >= 0.3 is 0 Å². The fraction of sp³-hybridized carbons (Fsp3) is 0.758. The topological polar surface area (TPSA) is 61.8 Å². The molecule has 5 nitrogen and oxygen atoms in total. The molecule has 0 N–H and O–H groups in total. The van der Waals surface area contributed by atoms with Crippen LogP contribution >= 0.6 is 0 Å². The molecule has 0 atom stereocenters. The minimum absolute atomic E-state index is 0.0249. The number of nitrogens with zero attached hydrogens (tertiary/aromatic N) is 5. The van der Waals surface area contributed by atoms with Crippen LogP contribution in [-0.4, -0.2) is 57.3 Å². The molecule has 0 aromatic carbocycles. The number of aliphatic imine (C=N–C) groups is 5. The molecule has 5 heteroatoms. The van der Waals surface area contributed by atoms with Crippen LogP contribution in [0.2, 0.25) is 0 Å². The molecule has 0 aliphatic rings. The highest BCUT2D eigenvalue weighted by atomic mass is 14.8. The monoisotopic (exact) mass is 934 g/mol. The van der Waals surface area contributed by atoms with Crippen LogP contribution in [0.25, 0.3) is 0 Å². The van der Waals surface area contributed by atoms with Crippen LogP contribution in [0, 0.1) is 27.1 Å². The highest BCUT2D eigenvalue weighted by Gasteiger charge is 2.15. The highest BCUT2D eigenvalue weighted by molar-refractivity contribution is 5.98. The van der Waals surface area contributed by atoms with Crippen molar-refractivity contribution in [1.82, 2.24) is 0 Å². The largest absolute Gasteiger partial charge is 0.287 e. The van der Waals surface area contributed by atoms with Crippen LogP contribution in [0.1, 0.15) is 256 Å². The molecule has 0 spiro atoms. The molecule has 0 aliphatic heterocycles. The van der Waals surface area contributed by atoms with E-state index in [0.717, 1.165) is 17.1 Å². The molecule has 0 bridgehead atoms. The number of allylic oxidation sites excluding steroid dienone is 10. The molecule has 392 valence electrons. The summed E-state index contributed by atoms with van der Waals surface area (Å²) in [6.45, 7) is 79.5. The van der Waals surface area contributed by atoms with Gasteiger partial charge in [-0.15, -0.1) is 0 Å². The summed E-state index contributed by atoms with van der Waals surface area (Å²) in [5, 5.41) is 0. The molecule has 0 amide bonds. The maximum atomic E-state index is 4.64. The van der Waals surface area contributed by atoms with Crippen molar-refractivity contribution in [2.24, 2.45) is 52.0 Å². The average molecular weight is 935 g/mol. The van der Waals surface area contributed by atoms with Gasteiger partial charge in [0.15, 0.2) is 0 Å². The highest BCUT2D eigenvalue weighted by Crippen LogP contribution is 2.25. The van der Waals surface area contributed by atoms with E-state index in [9.17, 15) is 0 Å². The van der Waals surface area contributed by atoms with Crippen molar-refractivity contribution in [3.63, 3.8) is 0 Å². The fourth-order valence-corrected chi connectivity index (χ4v) is 5.01. The van der Waals surface area contributed by atoms with Gasteiger partial charge < -0.3 is 0 Å². The predicted molar refractivity (Wildman–Crippen MR) is 317 cm³/mol. The minimum Gasteiger partial charge on any atom is -0.287 e. The van der Waals surface area contributed by atoms with Gasteiger partial charge in [-0.3, -0.25) is 25.0 Å². The second kappa shape index (κ2) is 29.3. The summed E-state index contributed by atoms with van der Waals surface area (Å²) in [6, 6.07) is 0. The van der Waals surface area contributed by atoms with Gasteiger partial charge in [-0.1, -0.05) is 133 Å². The Labute approximate surface area is 422 Å². The van der Waals surface area contributed by atoms with Gasteiger partial charge in [0.1, 0.15) is 0 Å². The Morgan fingerprint density at radius 3 is 1.01 bits per heavy atom. The van der Waals surface area contributed by atoms with E-state index in [1.54, 1.807) is 0 Å². The van der Waals surface area contributed by atoms with Gasteiger partial charge in [-0.05, 0) is 209 Å². The van der Waals surface area contributed by atoms with E-state index in [0.29, 0.717) is 0 Å². The second-order valence-electron chi connectivity index (χ2n) is 28.9. The molecule has 0 unspecified atom stereocenters. The van der Waals surface area contributed by atoms with Crippen LogP contribution in [-0.2, 0) is 0 Å². The van der Waals surface area contributed by atoms with Crippen molar-refractivity contribution in [3.8, 4) is 0 Å². The molecule has 0 heterocycles. The van der Waals surface area contributed by atoms with Crippen molar-refractivity contribution in [1.29, 1.82) is 0 Å². The van der Waals surface area contributed by atoms with Crippen molar-refractivity contribution < 1.29 is 0 Å². The molecule has 0 saturated heterocycles. The first kappa shape index (κ1) is 73.0. The van der Waals surface area contributed by atoms with Crippen molar-refractivity contribution in [2.75, 3.05) is 0 Å². The van der Waals surface area contributed by atoms with Crippen LogP contribution in [0.4, 0.5) is 0 Å². The third-order valence-electron chi connectivity index (χ3n) is 8.47. The molecule has 0 aromatic rings. The van der Waals surface area contributed by atoms with Gasteiger partial charge in [-0.2, -0.15) is 0 Å². The first-order chi connectivity index (χ1) is 28.9. The summed E-state index contributed by atoms with van der Waals surface area (Å²) in [4.78, 5) is 22.6. The van der Waals surface area contributed by atoms with E-state index in [2.05, 4.69) is 311 Å². The Bertz CT molecular complexity index is 1640. The lowest BCUT2D eigenvalue weighted by Crippen LogP contribution is -2.14. The summed E-state index contributed by atoms with van der Waals surface area (Å²) in [5.41, 5.74) is 10.0. The quantitative estimate of drug-likeness (QED) is 0.247. The van der Waals surface area contributed by atoms with Gasteiger partial charge in [0.05, 0.1) is 27.7 Å². The van der Waals surface area contributed by atoms with E-state index >= 15 is 0 Å². The smallest absolute Gasteiger partial charge is 0.0527 e. The minimum atomic E-state index is 0.0249. The summed E-state index contributed by atoms with van der Waals surface area (Å²) >= 11 is 0. The zero-order valence-corrected chi connectivity index (χ0v) is 52.4. The Morgan fingerprint density at radius 1 is 0.358 bits per heavy atom. The molecule has 0 aliphatic carbocycles. The van der Waals surface area contributed by atoms with Gasteiger partial charge in [-0.25, -0.2) is 0 Å². The number of hydrogen-bond acceptors (Lipinski definition) is 5. The lowest BCUT2D eigenvalue weighted by molar-refractivity contribution is 0.504. The first-order valence-corrected chi connectivity index (χ1v) is 25.1. The van der Waals surface area contributed by atoms with E-state index in [1.807, 2.05) is 19.4 Å². The van der Waals surface area contributed by atoms with E-state index in [4.69, 9.17) is 0 Å². The summed E-state index contributed by atoms with van der Waals surface area (Å²) in [6.07, 6.45) is 17.0. The van der Waals surface area contributed by atoms with Crippen LogP contribution in [0.5, 0.6) is 0 Å². The molecular formula is C62H119N5. The summed E-state index contributed by atoms with van der Waals surface area (Å²) in [7, 11) is 0. The normalized spacial score (nSPS) is 15.7. The molecule has 0 aromatic heterocycles. The first-order valence-electron chi connectivity index (χ1n) is 25.1. The van der Waals surface area contributed by atoms with Crippen LogP contribution in [0.15, 0.2) is 83.7 Å². The molecule has 0 rings (SSSR count). The van der Waals surface area contributed by atoms with Gasteiger partial charge in [0.25, 0.3) is 0 Å². The molecule has 67 heavy (non-hydrogen) atoms. The van der Waals surface area contributed by atoms with E-state index < -0.39 is 0 Å². The van der Waals surface area contributed by atoms with Gasteiger partial charge in [0.2, 0.25) is 0 Å². The maximum absolute atomic E-state index is 4.64. The zero-order chi connectivity index (χ0) is 55.2. The van der Waals surface area contributed by atoms with Crippen molar-refractivity contribution >= 4 is 29.6 Å². The molecular weight excluding hydrogens is 815 g/mol. The Balaban J connectivity index is -0.000000239. The van der Waals surface area contributed by atoms with Gasteiger partial charge in [0, 0.05) is 29.6 Å². The lowest BCUT2D eigenvalue weighted by Gasteiger charge is -2.20. The summed E-state index contributed by atoms with van der Waals surface area (Å²) in [5.74, 6) is 0. The zero-order valence-electron chi connectivity index (χ0n) is 52.4. The lowest BCUT2D eigenvalue weighted by atomic mass is 9.87. The van der Waals surface area contributed by atoms with E-state index in [-0.39, 0.29) is 54.8 Å². The molecule has 0 radical (unpaired) electrons. The van der Waals surface area contributed by atoms with Crippen molar-refractivity contribution in [3.05, 3.63) is 58.7 Å². The van der Waals surface area contributed by atoms with Crippen LogP contribution in [0.3, 0.4) is 0 Å². The number of rotatable bonds is 5. The third kappa shape index (κ3) is 63.1. The Morgan fingerprint density at radius 2 is 0.716 bits per heavy atom. The standard InChI is InChI=1S/2C13H25N.3C12H23N/c1-10(9-12(3,4)5)11(2)14-13(6,7)8;1-10(12(3,4)5)9-11(2)14-13(6,7)8;1-10(8-11(2,3)4)9-13-12(5,6)7;1-10(11(2,3)4)8-9-13-12(5,6)7;1-10(13-12(5,6)7)8-9-11(2,3)4/h2*9H,1-8H3;3*8-9H,1-7H3/b2*10-9-,14-11?;2*10-8-,13-9?;9-8-,13-10?. The summed E-state index contributed by atoms with van der Waals surface area (Å²) < 4.78 is 0. The fourth-order valence-electron chi connectivity index (χ4n) is 5.01. The second-order valence-corrected chi connectivity index (χ2v) is 28.9. The molecule has 0 saturated carbocycles. The Hall–Kier alpha value is -2.95. The predicted octanol–water partition coefficient (Wildman–Crippen LogP) is 20.0. The number of hydrogen-bond donors (Lipinski definition) is 0. The van der Waals surface area contributed by atoms with E-state index in [1.165, 1.54) is 22.3 Å². The average Bonchev–Trinajstić information content (AvgIpc) is 2.98.